The number of anilines is 5. The fraction of sp³-hybridized carbons (Fsp3) is 0.444. The molecule has 9 nitrogen and oxygen atoms in total. The van der Waals surface area contributed by atoms with E-state index in [1.807, 2.05) is 12.1 Å². The molecule has 0 bridgehead atoms. The molecule has 1 saturated heterocycles. The first kappa shape index (κ1) is 26.7. The van der Waals surface area contributed by atoms with Gasteiger partial charge in [0.2, 0.25) is 11.9 Å². The van der Waals surface area contributed by atoms with Gasteiger partial charge in [-0.05, 0) is 56.9 Å². The number of benzene rings is 2. The van der Waals surface area contributed by atoms with Crippen LogP contribution in [0.4, 0.5) is 29.0 Å². The van der Waals surface area contributed by atoms with E-state index in [-0.39, 0.29) is 10.8 Å². The Morgan fingerprint density at radius 3 is 2.35 bits per heavy atom. The smallest absolute Gasteiger partial charge is 0.232 e. The van der Waals surface area contributed by atoms with Crippen LogP contribution in [0.15, 0.2) is 53.7 Å². The van der Waals surface area contributed by atoms with Crippen LogP contribution < -0.4 is 20.3 Å². The van der Waals surface area contributed by atoms with E-state index in [0.717, 1.165) is 30.4 Å². The highest BCUT2D eigenvalue weighted by Gasteiger charge is 2.23. The summed E-state index contributed by atoms with van der Waals surface area (Å²) in [5.41, 5.74) is 2.28. The number of sulfone groups is 1. The highest BCUT2D eigenvalue weighted by Crippen LogP contribution is 2.34. The maximum Gasteiger partial charge on any atom is 0.232 e. The Morgan fingerprint density at radius 2 is 1.70 bits per heavy atom. The summed E-state index contributed by atoms with van der Waals surface area (Å²) in [7, 11) is -1.84. The molecular weight excluding hydrogens is 488 g/mol. The van der Waals surface area contributed by atoms with E-state index < -0.39 is 15.1 Å². The number of methoxy groups -OCH3 is 1. The summed E-state index contributed by atoms with van der Waals surface area (Å²) in [6, 6.07) is 12.8. The molecule has 1 fully saturated rings. The minimum atomic E-state index is -3.48. The van der Waals surface area contributed by atoms with E-state index in [0.29, 0.717) is 17.4 Å². The molecule has 2 N–H and O–H groups in total. The predicted molar refractivity (Wildman–Crippen MR) is 148 cm³/mol. The quantitative estimate of drug-likeness (QED) is 0.352. The highest BCUT2D eigenvalue weighted by molar-refractivity contribution is 7.92. The number of nitrogens with zero attached hydrogens (tertiary/aromatic N) is 4. The van der Waals surface area contributed by atoms with Crippen LogP contribution in [0, 0.1) is 5.92 Å². The number of nitrogens with one attached hydrogen (secondary N) is 2. The van der Waals surface area contributed by atoms with Gasteiger partial charge in [-0.2, -0.15) is 4.98 Å². The third kappa shape index (κ3) is 6.30. The lowest BCUT2D eigenvalue weighted by atomic mass is 9.92. The van der Waals surface area contributed by atoms with Crippen LogP contribution in [0.3, 0.4) is 0 Å². The Labute approximate surface area is 219 Å². The standard InChI is InChI=1S/C27H36N6O3S/c1-5-8-20-13-15-33(16-14-20)21-11-12-22(24(17-21)36-4)30-26-28-18-29-27(32-26)31-23-9-6-7-10-25(23)37(34,35)19(2)3/h6-7,9-12,17-20H,5,8,13-16H2,1-4H3,(H2,28,29,30,31,32). The van der Waals surface area contributed by atoms with E-state index in [2.05, 4.69) is 43.5 Å². The van der Waals surface area contributed by atoms with Gasteiger partial charge in [-0.25, -0.2) is 18.4 Å². The van der Waals surface area contributed by atoms with Gasteiger partial charge in [0.15, 0.2) is 9.84 Å². The predicted octanol–water partition coefficient (Wildman–Crippen LogP) is 5.57. The summed E-state index contributed by atoms with van der Waals surface area (Å²) in [5, 5.41) is 5.68. The molecule has 0 saturated carbocycles. The van der Waals surface area contributed by atoms with Crippen molar-refractivity contribution in [2.45, 2.75) is 56.6 Å². The Hall–Kier alpha value is -3.40. The van der Waals surface area contributed by atoms with Crippen molar-refractivity contribution >= 4 is 38.8 Å². The van der Waals surface area contributed by atoms with Gasteiger partial charge in [-0.3, -0.25) is 0 Å². The van der Waals surface area contributed by atoms with Gasteiger partial charge >= 0.3 is 0 Å². The summed E-state index contributed by atoms with van der Waals surface area (Å²) in [6.45, 7) is 7.67. The molecule has 2 heterocycles. The molecule has 0 aliphatic carbocycles. The molecule has 198 valence electrons. The highest BCUT2D eigenvalue weighted by atomic mass is 32.2. The van der Waals surface area contributed by atoms with Crippen LogP contribution in [-0.2, 0) is 9.84 Å². The fourth-order valence-corrected chi connectivity index (χ4v) is 5.80. The van der Waals surface area contributed by atoms with E-state index in [4.69, 9.17) is 4.74 Å². The third-order valence-corrected chi connectivity index (χ3v) is 8.95. The van der Waals surface area contributed by atoms with Crippen molar-refractivity contribution in [3.05, 3.63) is 48.8 Å². The summed E-state index contributed by atoms with van der Waals surface area (Å²) in [4.78, 5) is 15.5. The second-order valence-corrected chi connectivity index (χ2v) is 12.0. The Morgan fingerprint density at radius 1 is 1.03 bits per heavy atom. The number of rotatable bonds is 10. The minimum absolute atomic E-state index is 0.205. The Bertz CT molecular complexity index is 1310. The van der Waals surface area contributed by atoms with Crippen molar-refractivity contribution in [2.75, 3.05) is 35.7 Å². The molecule has 3 aromatic rings. The molecule has 0 radical (unpaired) electrons. The number of hydrogen-bond acceptors (Lipinski definition) is 9. The first-order valence-corrected chi connectivity index (χ1v) is 14.4. The van der Waals surface area contributed by atoms with Crippen molar-refractivity contribution in [3.63, 3.8) is 0 Å². The molecule has 1 aliphatic heterocycles. The van der Waals surface area contributed by atoms with Crippen molar-refractivity contribution < 1.29 is 13.2 Å². The summed E-state index contributed by atoms with van der Waals surface area (Å²) < 4.78 is 31.2. The van der Waals surface area contributed by atoms with Crippen molar-refractivity contribution in [3.8, 4) is 5.75 Å². The largest absolute Gasteiger partial charge is 0.494 e. The fourth-order valence-electron chi connectivity index (χ4n) is 4.60. The number of aromatic nitrogens is 3. The molecule has 0 amide bonds. The molecule has 0 atom stereocenters. The van der Waals surface area contributed by atoms with Crippen LogP contribution in [0.5, 0.6) is 5.75 Å². The number of ether oxygens (including phenoxy) is 1. The maximum absolute atomic E-state index is 12.8. The van der Waals surface area contributed by atoms with E-state index >= 15 is 0 Å². The molecular formula is C27H36N6O3S. The normalized spacial score (nSPS) is 14.6. The molecule has 0 unspecified atom stereocenters. The van der Waals surface area contributed by atoms with E-state index in [1.54, 1.807) is 45.2 Å². The monoisotopic (exact) mass is 524 g/mol. The van der Waals surface area contributed by atoms with Crippen LogP contribution >= 0.6 is 0 Å². The van der Waals surface area contributed by atoms with Crippen LogP contribution in [0.2, 0.25) is 0 Å². The minimum Gasteiger partial charge on any atom is -0.494 e. The Balaban J connectivity index is 1.50. The summed E-state index contributed by atoms with van der Waals surface area (Å²) in [5.74, 6) is 2.06. The number of hydrogen-bond donors (Lipinski definition) is 2. The molecule has 1 aromatic heterocycles. The summed E-state index contributed by atoms with van der Waals surface area (Å²) in [6.07, 6.45) is 6.37. The third-order valence-electron chi connectivity index (χ3n) is 6.74. The molecule has 1 aliphatic rings. The summed E-state index contributed by atoms with van der Waals surface area (Å²) >= 11 is 0. The lowest BCUT2D eigenvalue weighted by Gasteiger charge is -2.34. The van der Waals surface area contributed by atoms with Crippen molar-refractivity contribution in [2.24, 2.45) is 5.92 Å². The molecule has 4 rings (SSSR count). The number of piperidine rings is 1. The second-order valence-electron chi connectivity index (χ2n) is 9.58. The lowest BCUT2D eigenvalue weighted by Crippen LogP contribution is -2.33. The lowest BCUT2D eigenvalue weighted by molar-refractivity contribution is 0.378. The van der Waals surface area contributed by atoms with Gasteiger partial charge in [-0.15, -0.1) is 0 Å². The average Bonchev–Trinajstić information content (AvgIpc) is 2.90. The molecule has 37 heavy (non-hydrogen) atoms. The van der Waals surface area contributed by atoms with Gasteiger partial charge in [-0.1, -0.05) is 31.9 Å². The van der Waals surface area contributed by atoms with Crippen LogP contribution in [0.1, 0.15) is 46.5 Å². The van der Waals surface area contributed by atoms with Crippen molar-refractivity contribution in [1.29, 1.82) is 0 Å². The van der Waals surface area contributed by atoms with Crippen LogP contribution in [0.25, 0.3) is 0 Å². The van der Waals surface area contributed by atoms with Gasteiger partial charge in [0.1, 0.15) is 12.1 Å². The van der Waals surface area contributed by atoms with Crippen LogP contribution in [-0.4, -0.2) is 48.8 Å². The zero-order valence-corrected chi connectivity index (χ0v) is 22.8. The van der Waals surface area contributed by atoms with Gasteiger partial charge < -0.3 is 20.3 Å². The number of para-hydroxylation sites is 1. The van der Waals surface area contributed by atoms with Crippen molar-refractivity contribution in [1.82, 2.24) is 15.0 Å². The topological polar surface area (TPSA) is 109 Å². The first-order chi connectivity index (χ1) is 17.8. The zero-order valence-electron chi connectivity index (χ0n) is 21.9. The van der Waals surface area contributed by atoms with Gasteiger partial charge in [0, 0.05) is 24.8 Å². The van der Waals surface area contributed by atoms with Gasteiger partial charge in [0.05, 0.1) is 28.6 Å². The Kier molecular flexibility index (Phi) is 8.48. The average molecular weight is 525 g/mol. The van der Waals surface area contributed by atoms with Gasteiger partial charge in [0.25, 0.3) is 0 Å². The first-order valence-electron chi connectivity index (χ1n) is 12.8. The molecule has 10 heteroatoms. The SMILES string of the molecule is CCCC1CCN(c2ccc(Nc3ncnc(Nc4ccccc4S(=O)(=O)C(C)C)n3)c(OC)c2)CC1. The second kappa shape index (κ2) is 11.8. The van der Waals surface area contributed by atoms with E-state index in [9.17, 15) is 8.42 Å². The molecule has 0 spiro atoms. The van der Waals surface area contributed by atoms with E-state index in [1.165, 1.54) is 32.0 Å². The zero-order chi connectivity index (χ0) is 26.4. The maximum atomic E-state index is 12.8. The molecule has 2 aromatic carbocycles.